The molecule has 37 heavy (non-hydrogen) atoms. The lowest BCUT2D eigenvalue weighted by molar-refractivity contribution is 0.268. The molecule has 1 aliphatic carbocycles. The Kier molecular flexibility index (Phi) is 6.45. The molecule has 0 spiro atoms. The number of hydrogen-bond acceptors (Lipinski definition) is 6. The van der Waals surface area contributed by atoms with Crippen LogP contribution in [-0.4, -0.2) is 49.4 Å². The van der Waals surface area contributed by atoms with Gasteiger partial charge in [0.25, 0.3) is 5.56 Å². The van der Waals surface area contributed by atoms with E-state index in [1.165, 1.54) is 11.1 Å². The van der Waals surface area contributed by atoms with Gasteiger partial charge in [0, 0.05) is 41.7 Å². The molecule has 0 radical (unpaired) electrons. The number of aromatic nitrogens is 5. The normalized spacial score (nSPS) is 15.7. The Morgan fingerprint density at radius 1 is 1.16 bits per heavy atom. The highest BCUT2D eigenvalue weighted by atomic mass is 16.1. The second-order valence-electron chi connectivity index (χ2n) is 11.0. The molecule has 0 saturated carbocycles. The van der Waals surface area contributed by atoms with Gasteiger partial charge in [-0.05, 0) is 56.6 Å². The van der Waals surface area contributed by atoms with E-state index in [-0.39, 0.29) is 11.0 Å². The van der Waals surface area contributed by atoms with E-state index in [0.717, 1.165) is 30.5 Å². The van der Waals surface area contributed by atoms with Crippen LogP contribution in [0.1, 0.15) is 44.1 Å². The summed E-state index contributed by atoms with van der Waals surface area (Å²) in [5.41, 5.74) is 4.16. The fourth-order valence-electron chi connectivity index (χ4n) is 4.98. The van der Waals surface area contributed by atoms with Gasteiger partial charge in [-0.2, -0.15) is 0 Å². The van der Waals surface area contributed by atoms with Crippen LogP contribution in [0.15, 0.2) is 60.2 Å². The van der Waals surface area contributed by atoms with Crippen molar-refractivity contribution < 1.29 is 0 Å². The molecule has 8 heteroatoms. The number of fused-ring (bicyclic) bond motifs is 2. The zero-order chi connectivity index (χ0) is 26.3. The molecule has 0 saturated heterocycles. The van der Waals surface area contributed by atoms with Crippen molar-refractivity contribution in [2.24, 2.45) is 0 Å². The highest BCUT2D eigenvalue weighted by molar-refractivity contribution is 5.82. The number of aryl methyl sites for hydroxylation is 1. The van der Waals surface area contributed by atoms with Crippen LogP contribution in [0.5, 0.6) is 0 Å². The fourth-order valence-corrected chi connectivity index (χ4v) is 4.98. The van der Waals surface area contributed by atoms with Crippen molar-refractivity contribution >= 4 is 22.4 Å². The van der Waals surface area contributed by atoms with E-state index in [9.17, 15) is 4.79 Å². The smallest absolute Gasteiger partial charge is 0.276 e. The minimum atomic E-state index is -0.226. The van der Waals surface area contributed by atoms with Crippen molar-refractivity contribution in [3.8, 4) is 5.82 Å². The lowest BCUT2D eigenvalue weighted by atomic mass is 9.87. The summed E-state index contributed by atoms with van der Waals surface area (Å²) in [7, 11) is 4.31. The monoisotopic (exact) mass is 497 g/mol. The summed E-state index contributed by atoms with van der Waals surface area (Å²) < 4.78 is 3.48. The van der Waals surface area contributed by atoms with Crippen LogP contribution in [0, 0.1) is 0 Å². The lowest BCUT2D eigenvalue weighted by Crippen LogP contribution is -2.33. The van der Waals surface area contributed by atoms with Crippen molar-refractivity contribution in [3.63, 3.8) is 0 Å². The molecule has 4 aromatic rings. The van der Waals surface area contributed by atoms with E-state index in [0.29, 0.717) is 35.4 Å². The number of nitrogens with zero attached hydrogens (tertiary/aromatic N) is 6. The third-order valence-electron chi connectivity index (χ3n) is 7.06. The Morgan fingerprint density at radius 3 is 2.70 bits per heavy atom. The maximum Gasteiger partial charge on any atom is 0.276 e. The van der Waals surface area contributed by atoms with Crippen molar-refractivity contribution in [3.05, 3.63) is 82.7 Å². The van der Waals surface area contributed by atoms with Crippen molar-refractivity contribution in [1.29, 1.82) is 0 Å². The molecular formula is C29H35N7O. The minimum absolute atomic E-state index is 0.130. The molecule has 1 aromatic carbocycles. The first-order chi connectivity index (χ1) is 17.7. The molecule has 3 aromatic heterocycles. The van der Waals surface area contributed by atoms with Gasteiger partial charge in [-0.25, -0.2) is 24.3 Å². The first-order valence-corrected chi connectivity index (χ1v) is 12.8. The van der Waals surface area contributed by atoms with Crippen molar-refractivity contribution in [1.82, 2.24) is 29.2 Å². The zero-order valence-electron chi connectivity index (χ0n) is 22.3. The Bertz CT molecular complexity index is 1520. The van der Waals surface area contributed by atoms with Gasteiger partial charge in [-0.15, -0.1) is 6.58 Å². The van der Waals surface area contributed by atoms with Crippen molar-refractivity contribution in [2.45, 2.75) is 58.0 Å². The molecular weight excluding hydrogens is 462 g/mol. The summed E-state index contributed by atoms with van der Waals surface area (Å²) in [6.07, 6.45) is 8.39. The maximum atomic E-state index is 13.3. The number of anilines is 2. The third-order valence-corrected chi connectivity index (χ3v) is 7.06. The summed E-state index contributed by atoms with van der Waals surface area (Å²) in [6, 6.07) is 10.9. The first kappa shape index (κ1) is 24.9. The topological polar surface area (TPSA) is 80.9 Å². The standard InChI is InChI=1S/C29H35N7O/c1-7-14-35-27(37)23-18-31-25(17-24(23)36(35)26-12-13-30-28(33-26)29(2,3)4)32-21-10-8-20-16-22(34(5)6)11-9-19(20)15-21/h7-8,10,12-13,15,17-18,22H,1,9,11,14,16H2,2-6H3,(H,31,32). The van der Waals surface area contributed by atoms with E-state index in [2.05, 4.69) is 79.8 Å². The average Bonchev–Trinajstić information content (AvgIpc) is 3.14. The van der Waals surface area contributed by atoms with Gasteiger partial charge >= 0.3 is 0 Å². The Labute approximate surface area is 217 Å². The van der Waals surface area contributed by atoms with Crippen LogP contribution >= 0.6 is 0 Å². The first-order valence-electron chi connectivity index (χ1n) is 12.8. The van der Waals surface area contributed by atoms with Crippen LogP contribution in [-0.2, 0) is 24.8 Å². The molecule has 8 nitrogen and oxygen atoms in total. The van der Waals surface area contributed by atoms with E-state index in [1.54, 1.807) is 23.2 Å². The van der Waals surface area contributed by atoms with E-state index >= 15 is 0 Å². The largest absolute Gasteiger partial charge is 0.340 e. The summed E-state index contributed by atoms with van der Waals surface area (Å²) in [4.78, 5) is 29.4. The Balaban J connectivity index is 1.55. The van der Waals surface area contributed by atoms with Crippen molar-refractivity contribution in [2.75, 3.05) is 19.4 Å². The lowest BCUT2D eigenvalue weighted by Gasteiger charge is -2.30. The molecule has 192 valence electrons. The molecule has 1 aliphatic rings. The Hall–Kier alpha value is -3.78. The highest BCUT2D eigenvalue weighted by Gasteiger charge is 2.22. The Morgan fingerprint density at radius 2 is 1.97 bits per heavy atom. The maximum absolute atomic E-state index is 13.3. The number of rotatable bonds is 6. The molecule has 0 bridgehead atoms. The third kappa shape index (κ3) is 4.81. The van der Waals surface area contributed by atoms with Gasteiger partial charge in [-0.3, -0.25) is 4.79 Å². The van der Waals surface area contributed by atoms with Crippen LogP contribution in [0.4, 0.5) is 11.5 Å². The van der Waals surface area contributed by atoms with Crippen LogP contribution in [0.3, 0.4) is 0 Å². The van der Waals surface area contributed by atoms with Gasteiger partial charge in [0.2, 0.25) is 0 Å². The predicted molar refractivity (Wildman–Crippen MR) is 149 cm³/mol. The van der Waals surface area contributed by atoms with Gasteiger partial charge in [0.1, 0.15) is 11.6 Å². The fraction of sp³-hybridized carbons (Fsp3) is 0.379. The highest BCUT2D eigenvalue weighted by Crippen LogP contribution is 2.28. The van der Waals surface area contributed by atoms with Gasteiger partial charge in [0.15, 0.2) is 5.82 Å². The second kappa shape index (κ2) is 9.59. The van der Waals surface area contributed by atoms with E-state index in [4.69, 9.17) is 4.98 Å². The number of benzene rings is 1. The molecule has 1 unspecified atom stereocenters. The molecule has 1 N–H and O–H groups in total. The number of allylic oxidation sites excluding steroid dienone is 1. The van der Waals surface area contributed by atoms with Gasteiger partial charge in [0.05, 0.1) is 17.4 Å². The number of likely N-dealkylation sites (N-methyl/N-ethyl adjacent to an activating group) is 1. The van der Waals surface area contributed by atoms with E-state index < -0.39 is 0 Å². The second-order valence-corrected chi connectivity index (χ2v) is 11.0. The molecule has 0 aliphatic heterocycles. The number of nitrogens with one attached hydrogen (secondary N) is 1. The summed E-state index contributed by atoms with van der Waals surface area (Å²) >= 11 is 0. The summed E-state index contributed by atoms with van der Waals surface area (Å²) in [5, 5.41) is 3.99. The number of hydrogen-bond donors (Lipinski definition) is 1. The predicted octanol–water partition coefficient (Wildman–Crippen LogP) is 4.62. The van der Waals surface area contributed by atoms with Crippen LogP contribution < -0.4 is 10.9 Å². The summed E-state index contributed by atoms with van der Waals surface area (Å²) in [5.74, 6) is 2.02. The molecule has 1 atom stereocenters. The van der Waals surface area contributed by atoms with Crippen LogP contribution in [0.2, 0.25) is 0 Å². The summed E-state index contributed by atoms with van der Waals surface area (Å²) in [6.45, 7) is 10.4. The molecule has 3 heterocycles. The average molecular weight is 498 g/mol. The van der Waals surface area contributed by atoms with Gasteiger partial charge < -0.3 is 10.2 Å². The molecule has 0 fully saturated rings. The zero-order valence-corrected chi connectivity index (χ0v) is 22.3. The number of pyridine rings is 1. The molecule has 5 rings (SSSR count). The SMILES string of the molecule is C=CCn1c(=O)c2cnc(Nc3ccc4c(c3)CCC(N(C)C)C4)cc2n1-c1ccnc(C(C)(C)C)n1. The molecule has 0 amide bonds. The minimum Gasteiger partial charge on any atom is -0.340 e. The van der Waals surface area contributed by atoms with Crippen LogP contribution in [0.25, 0.3) is 16.7 Å². The quantitative estimate of drug-likeness (QED) is 0.392. The van der Waals surface area contributed by atoms with Gasteiger partial charge in [-0.1, -0.05) is 32.9 Å². The van der Waals surface area contributed by atoms with E-state index in [1.807, 2.05) is 16.8 Å².